The number of ketones is 2. The summed E-state index contributed by atoms with van der Waals surface area (Å²) in [6, 6.07) is 13.5. The molecule has 0 radical (unpaired) electrons. The van der Waals surface area contributed by atoms with Gasteiger partial charge in [-0.05, 0) is 55.5 Å². The van der Waals surface area contributed by atoms with Crippen molar-refractivity contribution in [3.05, 3.63) is 80.3 Å². The zero-order chi connectivity index (χ0) is 21.2. The van der Waals surface area contributed by atoms with Crippen LogP contribution in [0.1, 0.15) is 27.6 Å². The number of ether oxygens (including phenoxy) is 1. The SMILES string of the molecule is CCOC(=O)CN/C(=C\C(=O)c1ccc(Br)cc1)SCC(=O)c1ccc(Cl)cc1. The second kappa shape index (κ2) is 11.8. The van der Waals surface area contributed by atoms with Gasteiger partial charge in [0.05, 0.1) is 17.4 Å². The summed E-state index contributed by atoms with van der Waals surface area (Å²) in [4.78, 5) is 36.6. The number of allylic oxidation sites excluding steroid dienone is 1. The lowest BCUT2D eigenvalue weighted by molar-refractivity contribution is -0.141. The molecule has 0 bridgehead atoms. The maximum absolute atomic E-state index is 12.5. The molecular formula is C21H19BrClNO4S. The quantitative estimate of drug-likeness (QED) is 0.287. The molecule has 152 valence electrons. The molecule has 0 fully saturated rings. The van der Waals surface area contributed by atoms with Crippen molar-refractivity contribution < 1.29 is 19.1 Å². The summed E-state index contributed by atoms with van der Waals surface area (Å²) in [5.74, 6) is -0.710. The molecule has 0 atom stereocenters. The van der Waals surface area contributed by atoms with Gasteiger partial charge in [-0.3, -0.25) is 14.4 Å². The summed E-state index contributed by atoms with van der Waals surface area (Å²) >= 11 is 10.3. The first-order valence-electron chi connectivity index (χ1n) is 8.71. The normalized spacial score (nSPS) is 11.1. The Hall–Kier alpha value is -2.09. The number of benzene rings is 2. The minimum Gasteiger partial charge on any atom is -0.465 e. The van der Waals surface area contributed by atoms with Crippen LogP contribution in [0.5, 0.6) is 0 Å². The van der Waals surface area contributed by atoms with Gasteiger partial charge < -0.3 is 10.1 Å². The van der Waals surface area contributed by atoms with Crippen LogP contribution in [0.15, 0.2) is 64.1 Å². The maximum Gasteiger partial charge on any atom is 0.325 e. The zero-order valence-corrected chi connectivity index (χ0v) is 18.8. The molecule has 29 heavy (non-hydrogen) atoms. The molecule has 0 spiro atoms. The third-order valence-electron chi connectivity index (χ3n) is 3.63. The number of thioether (sulfide) groups is 1. The molecule has 0 saturated heterocycles. The lowest BCUT2D eigenvalue weighted by atomic mass is 10.1. The fraction of sp³-hybridized carbons (Fsp3) is 0.190. The highest BCUT2D eigenvalue weighted by atomic mass is 79.9. The van der Waals surface area contributed by atoms with Gasteiger partial charge in [0.25, 0.3) is 0 Å². The van der Waals surface area contributed by atoms with Crippen LogP contribution in [0, 0.1) is 0 Å². The van der Waals surface area contributed by atoms with Crippen molar-refractivity contribution >= 4 is 56.8 Å². The number of Topliss-reactive ketones (excluding diaryl/α,β-unsaturated/α-hetero) is 1. The van der Waals surface area contributed by atoms with Crippen molar-refractivity contribution in [3.63, 3.8) is 0 Å². The Balaban J connectivity index is 2.09. The Labute approximate surface area is 187 Å². The highest BCUT2D eigenvalue weighted by molar-refractivity contribution is 9.10. The molecule has 0 aliphatic carbocycles. The van der Waals surface area contributed by atoms with Crippen LogP contribution in [0.2, 0.25) is 5.02 Å². The number of carbonyl (C=O) groups excluding carboxylic acids is 3. The summed E-state index contributed by atoms with van der Waals surface area (Å²) in [7, 11) is 0. The second-order valence-corrected chi connectivity index (χ2v) is 8.13. The highest BCUT2D eigenvalue weighted by Gasteiger charge is 2.12. The third kappa shape index (κ3) is 8.04. The van der Waals surface area contributed by atoms with Gasteiger partial charge in [0.15, 0.2) is 11.6 Å². The molecule has 2 aromatic rings. The van der Waals surface area contributed by atoms with E-state index >= 15 is 0 Å². The number of hydrogen-bond acceptors (Lipinski definition) is 6. The van der Waals surface area contributed by atoms with Crippen molar-refractivity contribution in [1.82, 2.24) is 5.32 Å². The smallest absolute Gasteiger partial charge is 0.325 e. The van der Waals surface area contributed by atoms with Crippen molar-refractivity contribution in [2.75, 3.05) is 18.9 Å². The lowest BCUT2D eigenvalue weighted by Gasteiger charge is -2.10. The first-order valence-corrected chi connectivity index (χ1v) is 10.9. The van der Waals surface area contributed by atoms with E-state index in [2.05, 4.69) is 21.2 Å². The molecular weight excluding hydrogens is 478 g/mol. The van der Waals surface area contributed by atoms with Crippen molar-refractivity contribution in [1.29, 1.82) is 0 Å². The summed E-state index contributed by atoms with van der Waals surface area (Å²) in [5.41, 5.74) is 1.01. The fourth-order valence-electron chi connectivity index (χ4n) is 2.19. The van der Waals surface area contributed by atoms with Crippen LogP contribution in [-0.2, 0) is 9.53 Å². The molecule has 8 heteroatoms. The maximum atomic E-state index is 12.5. The topological polar surface area (TPSA) is 72.5 Å². The van der Waals surface area contributed by atoms with Gasteiger partial charge in [-0.2, -0.15) is 0 Å². The first kappa shape index (κ1) is 23.2. The van der Waals surface area contributed by atoms with Crippen molar-refractivity contribution in [2.24, 2.45) is 0 Å². The van der Waals surface area contributed by atoms with Crippen molar-refractivity contribution in [2.45, 2.75) is 6.92 Å². The number of halogens is 2. The number of hydrogen-bond donors (Lipinski definition) is 1. The minimum absolute atomic E-state index is 0.0942. The van der Waals surface area contributed by atoms with Crippen LogP contribution >= 0.6 is 39.3 Å². The predicted molar refractivity (Wildman–Crippen MR) is 119 cm³/mol. The molecule has 0 amide bonds. The van der Waals surface area contributed by atoms with Crippen LogP contribution in [-0.4, -0.2) is 36.4 Å². The van der Waals surface area contributed by atoms with E-state index in [0.29, 0.717) is 21.2 Å². The van der Waals surface area contributed by atoms with E-state index in [1.165, 1.54) is 6.08 Å². The Morgan fingerprint density at radius 2 is 1.69 bits per heavy atom. The van der Waals surface area contributed by atoms with Gasteiger partial charge in [0.1, 0.15) is 6.54 Å². The van der Waals surface area contributed by atoms with E-state index in [1.807, 2.05) is 0 Å². The summed E-state index contributed by atoms with van der Waals surface area (Å²) in [5, 5.41) is 3.84. The predicted octanol–water partition coefficient (Wildman–Crippen LogP) is 4.90. The third-order valence-corrected chi connectivity index (χ3v) is 5.39. The van der Waals surface area contributed by atoms with E-state index in [1.54, 1.807) is 55.5 Å². The van der Waals surface area contributed by atoms with E-state index in [0.717, 1.165) is 16.2 Å². The molecule has 0 aromatic heterocycles. The van der Waals surface area contributed by atoms with Gasteiger partial charge in [0.2, 0.25) is 0 Å². The molecule has 0 unspecified atom stereocenters. The molecule has 0 aliphatic heterocycles. The van der Waals surface area contributed by atoms with Crippen LogP contribution in [0.3, 0.4) is 0 Å². The van der Waals surface area contributed by atoms with Crippen molar-refractivity contribution in [3.8, 4) is 0 Å². The summed E-state index contributed by atoms with van der Waals surface area (Å²) in [6.07, 6.45) is 1.38. The largest absolute Gasteiger partial charge is 0.465 e. The standard InChI is InChI=1S/C21H19BrClNO4S/c1-2-28-21(27)12-24-20(11-18(25)14-3-7-16(22)8-4-14)29-13-19(26)15-5-9-17(23)10-6-15/h3-11,24H,2,12-13H2,1H3/b20-11+. The number of carbonyl (C=O) groups is 3. The van der Waals surface area contributed by atoms with E-state index < -0.39 is 5.97 Å². The van der Waals surface area contributed by atoms with Crippen LogP contribution in [0.4, 0.5) is 0 Å². The number of rotatable bonds is 10. The average molecular weight is 497 g/mol. The zero-order valence-electron chi connectivity index (χ0n) is 15.6. The van der Waals surface area contributed by atoms with Gasteiger partial charge in [-0.1, -0.05) is 27.5 Å². The Morgan fingerprint density at radius 1 is 1.07 bits per heavy atom. The monoisotopic (exact) mass is 495 g/mol. The molecule has 2 aromatic carbocycles. The first-order chi connectivity index (χ1) is 13.9. The molecule has 0 saturated carbocycles. The van der Waals surface area contributed by atoms with E-state index in [-0.39, 0.29) is 30.5 Å². The van der Waals surface area contributed by atoms with E-state index in [9.17, 15) is 14.4 Å². The Morgan fingerprint density at radius 3 is 2.31 bits per heavy atom. The van der Waals surface area contributed by atoms with E-state index in [4.69, 9.17) is 16.3 Å². The Bertz CT molecular complexity index is 898. The number of esters is 1. The number of nitrogens with one attached hydrogen (secondary N) is 1. The molecule has 0 aliphatic rings. The fourth-order valence-corrected chi connectivity index (χ4v) is 3.40. The molecule has 2 rings (SSSR count). The highest BCUT2D eigenvalue weighted by Crippen LogP contribution is 2.18. The van der Waals surface area contributed by atoms with Gasteiger partial charge >= 0.3 is 5.97 Å². The summed E-state index contributed by atoms with van der Waals surface area (Å²) < 4.78 is 5.76. The van der Waals surface area contributed by atoms with Gasteiger partial charge in [-0.15, -0.1) is 11.8 Å². The average Bonchev–Trinajstić information content (AvgIpc) is 2.71. The van der Waals surface area contributed by atoms with Crippen LogP contribution in [0.25, 0.3) is 0 Å². The Kier molecular flexibility index (Phi) is 9.44. The lowest BCUT2D eigenvalue weighted by Crippen LogP contribution is -2.24. The summed E-state index contributed by atoms with van der Waals surface area (Å²) in [6.45, 7) is 1.88. The molecule has 5 nitrogen and oxygen atoms in total. The second-order valence-electron chi connectivity index (χ2n) is 5.76. The molecule has 1 N–H and O–H groups in total. The molecule has 0 heterocycles. The van der Waals surface area contributed by atoms with Gasteiger partial charge in [0, 0.05) is 26.7 Å². The van der Waals surface area contributed by atoms with Crippen LogP contribution < -0.4 is 5.32 Å². The van der Waals surface area contributed by atoms with Gasteiger partial charge in [-0.25, -0.2) is 0 Å². The minimum atomic E-state index is -0.445.